The third-order valence-electron chi connectivity index (χ3n) is 1.94. The Morgan fingerprint density at radius 3 is 3.07 bits per heavy atom. The standard InChI is InChI=1S/C11H7BrFNO/c1-2-3-4-10-14-9-6-7(13)5-8(12)11(9)15-10/h1,5-6H,3-4H2. The van der Waals surface area contributed by atoms with Gasteiger partial charge < -0.3 is 4.42 Å². The van der Waals surface area contributed by atoms with Crippen LogP contribution < -0.4 is 0 Å². The second-order valence-electron chi connectivity index (χ2n) is 3.05. The van der Waals surface area contributed by atoms with Crippen molar-refractivity contribution in [3.63, 3.8) is 0 Å². The Labute approximate surface area is 94.6 Å². The number of nitrogens with zero attached hydrogens (tertiary/aromatic N) is 1. The van der Waals surface area contributed by atoms with Gasteiger partial charge in [-0.25, -0.2) is 9.37 Å². The van der Waals surface area contributed by atoms with Crippen LogP contribution in [0.15, 0.2) is 21.0 Å². The molecule has 0 amide bonds. The van der Waals surface area contributed by atoms with Crippen molar-refractivity contribution < 1.29 is 8.81 Å². The maximum atomic E-state index is 13.0. The highest BCUT2D eigenvalue weighted by Crippen LogP contribution is 2.26. The summed E-state index contributed by atoms with van der Waals surface area (Å²) in [5.74, 6) is 2.70. The van der Waals surface area contributed by atoms with E-state index in [1.807, 2.05) is 0 Å². The van der Waals surface area contributed by atoms with Crippen LogP contribution in [-0.2, 0) is 6.42 Å². The van der Waals surface area contributed by atoms with E-state index < -0.39 is 0 Å². The smallest absolute Gasteiger partial charge is 0.196 e. The fraction of sp³-hybridized carbons (Fsp3) is 0.182. The molecule has 0 spiro atoms. The van der Waals surface area contributed by atoms with Gasteiger partial charge in [-0.1, -0.05) is 0 Å². The minimum atomic E-state index is -0.342. The Balaban J connectivity index is 2.47. The molecule has 0 aliphatic heterocycles. The quantitative estimate of drug-likeness (QED) is 0.781. The summed E-state index contributed by atoms with van der Waals surface area (Å²) in [7, 11) is 0. The molecule has 2 aromatic rings. The molecule has 2 rings (SSSR count). The van der Waals surface area contributed by atoms with Crippen LogP contribution in [0.25, 0.3) is 11.1 Å². The van der Waals surface area contributed by atoms with Gasteiger partial charge in [0.25, 0.3) is 0 Å². The zero-order valence-electron chi connectivity index (χ0n) is 7.76. The van der Waals surface area contributed by atoms with Crippen LogP contribution in [0.5, 0.6) is 0 Å². The third kappa shape index (κ3) is 2.02. The minimum absolute atomic E-state index is 0.342. The van der Waals surface area contributed by atoms with Crippen molar-refractivity contribution in [3.05, 3.63) is 28.3 Å². The predicted octanol–water partition coefficient (Wildman–Crippen LogP) is 3.30. The highest BCUT2D eigenvalue weighted by Gasteiger charge is 2.10. The lowest BCUT2D eigenvalue weighted by molar-refractivity contribution is 0.530. The predicted molar refractivity (Wildman–Crippen MR) is 58.8 cm³/mol. The molecule has 0 radical (unpaired) electrons. The highest BCUT2D eigenvalue weighted by atomic mass is 79.9. The molecule has 1 heterocycles. The summed E-state index contributed by atoms with van der Waals surface area (Å²) in [6.45, 7) is 0. The van der Waals surface area contributed by atoms with E-state index in [0.29, 0.717) is 34.3 Å². The number of halogens is 2. The second-order valence-corrected chi connectivity index (χ2v) is 3.90. The zero-order chi connectivity index (χ0) is 10.8. The molecular formula is C11H7BrFNO. The third-order valence-corrected chi connectivity index (χ3v) is 2.53. The van der Waals surface area contributed by atoms with E-state index >= 15 is 0 Å². The average Bonchev–Trinajstić information content (AvgIpc) is 2.57. The summed E-state index contributed by atoms with van der Waals surface area (Å²) in [6.07, 6.45) is 6.27. The lowest BCUT2D eigenvalue weighted by Gasteiger charge is -1.91. The van der Waals surface area contributed by atoms with Crippen LogP contribution in [0, 0.1) is 18.2 Å². The monoisotopic (exact) mass is 267 g/mol. The Morgan fingerprint density at radius 1 is 1.53 bits per heavy atom. The fourth-order valence-corrected chi connectivity index (χ4v) is 1.79. The molecule has 15 heavy (non-hydrogen) atoms. The van der Waals surface area contributed by atoms with Gasteiger partial charge in [-0.05, 0) is 22.0 Å². The van der Waals surface area contributed by atoms with Gasteiger partial charge in [-0.3, -0.25) is 0 Å². The number of hydrogen-bond acceptors (Lipinski definition) is 2. The lowest BCUT2D eigenvalue weighted by Crippen LogP contribution is -1.81. The van der Waals surface area contributed by atoms with Crippen molar-refractivity contribution in [1.29, 1.82) is 0 Å². The van der Waals surface area contributed by atoms with Gasteiger partial charge >= 0.3 is 0 Å². The summed E-state index contributed by atoms with van der Waals surface area (Å²) >= 11 is 3.22. The maximum Gasteiger partial charge on any atom is 0.196 e. The van der Waals surface area contributed by atoms with E-state index in [4.69, 9.17) is 10.8 Å². The lowest BCUT2D eigenvalue weighted by atomic mass is 10.3. The van der Waals surface area contributed by atoms with Gasteiger partial charge in [0.05, 0.1) is 4.47 Å². The van der Waals surface area contributed by atoms with Crippen molar-refractivity contribution in [1.82, 2.24) is 4.98 Å². The van der Waals surface area contributed by atoms with Crippen LogP contribution in [0.1, 0.15) is 12.3 Å². The minimum Gasteiger partial charge on any atom is -0.439 e. The average molecular weight is 268 g/mol. The van der Waals surface area contributed by atoms with Crippen molar-refractivity contribution in [3.8, 4) is 12.3 Å². The number of terminal acetylenes is 1. The molecule has 0 bridgehead atoms. The molecule has 0 fully saturated rings. The van der Waals surface area contributed by atoms with Crippen LogP contribution in [0.4, 0.5) is 4.39 Å². The van der Waals surface area contributed by atoms with Gasteiger partial charge in [0.15, 0.2) is 11.5 Å². The first-order chi connectivity index (χ1) is 7.20. The van der Waals surface area contributed by atoms with E-state index in [-0.39, 0.29) is 5.82 Å². The molecule has 76 valence electrons. The van der Waals surface area contributed by atoms with Gasteiger partial charge in [0, 0.05) is 18.9 Å². The molecule has 0 aliphatic carbocycles. The number of benzene rings is 1. The molecule has 0 atom stereocenters. The van der Waals surface area contributed by atoms with Gasteiger partial charge in [-0.2, -0.15) is 0 Å². The Morgan fingerprint density at radius 2 is 2.33 bits per heavy atom. The molecule has 1 aromatic heterocycles. The van der Waals surface area contributed by atoms with Crippen LogP contribution in [0.3, 0.4) is 0 Å². The fourth-order valence-electron chi connectivity index (χ4n) is 1.29. The van der Waals surface area contributed by atoms with Gasteiger partial charge in [-0.15, -0.1) is 12.3 Å². The van der Waals surface area contributed by atoms with Crippen molar-refractivity contribution in [2.75, 3.05) is 0 Å². The topological polar surface area (TPSA) is 26.0 Å². The van der Waals surface area contributed by atoms with Gasteiger partial charge in [0.2, 0.25) is 0 Å². The largest absolute Gasteiger partial charge is 0.439 e. The molecule has 0 unspecified atom stereocenters. The number of aromatic nitrogens is 1. The molecule has 1 aromatic carbocycles. The van der Waals surface area contributed by atoms with E-state index in [1.54, 1.807) is 0 Å². The Hall–Kier alpha value is -1.34. The van der Waals surface area contributed by atoms with E-state index in [9.17, 15) is 4.39 Å². The first kappa shape index (κ1) is 10.2. The number of rotatable bonds is 2. The number of fused-ring (bicyclic) bond motifs is 1. The Kier molecular flexibility index (Phi) is 2.74. The van der Waals surface area contributed by atoms with Crippen LogP contribution >= 0.6 is 15.9 Å². The Bertz CT molecular complexity index is 541. The van der Waals surface area contributed by atoms with Gasteiger partial charge in [0.1, 0.15) is 11.3 Å². The molecule has 0 saturated carbocycles. The first-order valence-corrected chi connectivity index (χ1v) is 5.18. The number of hydrogen-bond donors (Lipinski definition) is 0. The molecule has 4 heteroatoms. The molecular weight excluding hydrogens is 261 g/mol. The first-order valence-electron chi connectivity index (χ1n) is 4.38. The van der Waals surface area contributed by atoms with Crippen molar-refractivity contribution >= 4 is 27.0 Å². The maximum absolute atomic E-state index is 13.0. The van der Waals surface area contributed by atoms with E-state index in [1.165, 1.54) is 12.1 Å². The SMILES string of the molecule is C#CCCc1nc2cc(F)cc(Br)c2o1. The summed E-state index contributed by atoms with van der Waals surface area (Å²) in [5, 5.41) is 0. The van der Waals surface area contributed by atoms with E-state index in [2.05, 4.69) is 26.8 Å². The normalized spacial score (nSPS) is 10.5. The molecule has 0 aliphatic rings. The summed E-state index contributed by atoms with van der Waals surface area (Å²) in [4.78, 5) is 4.14. The summed E-state index contributed by atoms with van der Waals surface area (Å²) in [5.41, 5.74) is 1.07. The molecule has 0 N–H and O–H groups in total. The van der Waals surface area contributed by atoms with E-state index in [0.717, 1.165) is 0 Å². The molecule has 0 saturated heterocycles. The summed E-state index contributed by atoms with van der Waals surface area (Å²) < 4.78 is 19.0. The van der Waals surface area contributed by atoms with Crippen LogP contribution in [0.2, 0.25) is 0 Å². The number of oxazole rings is 1. The highest BCUT2D eigenvalue weighted by molar-refractivity contribution is 9.10. The van der Waals surface area contributed by atoms with Crippen LogP contribution in [-0.4, -0.2) is 4.98 Å². The number of aryl methyl sites for hydroxylation is 1. The van der Waals surface area contributed by atoms with Crippen molar-refractivity contribution in [2.45, 2.75) is 12.8 Å². The second kappa shape index (κ2) is 4.03. The molecule has 2 nitrogen and oxygen atoms in total. The summed E-state index contributed by atoms with van der Waals surface area (Å²) in [6, 6.07) is 2.68. The van der Waals surface area contributed by atoms with Crippen molar-refractivity contribution in [2.24, 2.45) is 0 Å². The zero-order valence-corrected chi connectivity index (χ0v) is 9.34.